The summed E-state index contributed by atoms with van der Waals surface area (Å²) in [5.41, 5.74) is 3.84. The van der Waals surface area contributed by atoms with Gasteiger partial charge in [-0.25, -0.2) is 0 Å². The Balaban J connectivity index is 2.55. The van der Waals surface area contributed by atoms with Crippen LogP contribution in [-0.2, 0) is 11.0 Å². The molecule has 0 aromatic heterocycles. The standard InChI is InChI=1S/C15H17OP/c1-10-4-5-11(2)14-13(10)7-6-12-8-9-17(3,16)15(12)14/h4-7H,8-9H2,1-3H3. The van der Waals surface area contributed by atoms with Gasteiger partial charge in [0.1, 0.15) is 7.14 Å². The predicted molar refractivity (Wildman–Crippen MR) is 75.2 cm³/mol. The summed E-state index contributed by atoms with van der Waals surface area (Å²) >= 11 is 0. The zero-order chi connectivity index (χ0) is 12.2. The lowest BCUT2D eigenvalue weighted by Gasteiger charge is -2.14. The average molecular weight is 244 g/mol. The molecule has 0 radical (unpaired) electrons. The van der Waals surface area contributed by atoms with Crippen molar-refractivity contribution in [3.8, 4) is 0 Å². The first-order valence-electron chi connectivity index (χ1n) is 6.09. The van der Waals surface area contributed by atoms with E-state index < -0.39 is 7.14 Å². The van der Waals surface area contributed by atoms with Crippen molar-refractivity contribution in [1.82, 2.24) is 0 Å². The number of aryl methyl sites for hydroxylation is 3. The second-order valence-electron chi connectivity index (χ2n) is 5.27. The van der Waals surface area contributed by atoms with Crippen LogP contribution in [0.1, 0.15) is 16.7 Å². The van der Waals surface area contributed by atoms with Crippen LogP contribution in [0, 0.1) is 13.8 Å². The average Bonchev–Trinajstić information content (AvgIpc) is 2.60. The Labute approximate surface area is 102 Å². The van der Waals surface area contributed by atoms with Gasteiger partial charge < -0.3 is 4.57 Å². The Bertz CT molecular complexity index is 670. The molecule has 0 fully saturated rings. The molecule has 1 aliphatic heterocycles. The summed E-state index contributed by atoms with van der Waals surface area (Å²) in [5, 5.41) is 3.69. The molecule has 0 aliphatic carbocycles. The van der Waals surface area contributed by atoms with E-state index >= 15 is 0 Å². The van der Waals surface area contributed by atoms with Gasteiger partial charge in [-0.3, -0.25) is 0 Å². The molecule has 88 valence electrons. The van der Waals surface area contributed by atoms with Crippen LogP contribution < -0.4 is 5.30 Å². The normalized spacial score (nSPS) is 23.0. The van der Waals surface area contributed by atoms with E-state index in [-0.39, 0.29) is 0 Å². The van der Waals surface area contributed by atoms with Gasteiger partial charge in [-0.2, -0.15) is 0 Å². The summed E-state index contributed by atoms with van der Waals surface area (Å²) in [5.74, 6) is 0. The minimum absolute atomic E-state index is 0.842. The predicted octanol–water partition coefficient (Wildman–Crippen LogP) is 3.63. The first kappa shape index (κ1) is 11.0. The summed E-state index contributed by atoms with van der Waals surface area (Å²) in [6.07, 6.45) is 1.82. The van der Waals surface area contributed by atoms with Crippen LogP contribution in [0.2, 0.25) is 0 Å². The molecule has 17 heavy (non-hydrogen) atoms. The third kappa shape index (κ3) is 1.49. The molecule has 2 aromatic rings. The van der Waals surface area contributed by atoms with Crippen LogP contribution in [0.4, 0.5) is 0 Å². The van der Waals surface area contributed by atoms with Crippen LogP contribution in [0.3, 0.4) is 0 Å². The van der Waals surface area contributed by atoms with Gasteiger partial charge in [-0.05, 0) is 54.4 Å². The molecule has 0 spiro atoms. The van der Waals surface area contributed by atoms with Gasteiger partial charge >= 0.3 is 0 Å². The van der Waals surface area contributed by atoms with Crippen molar-refractivity contribution >= 4 is 23.2 Å². The van der Waals surface area contributed by atoms with Crippen molar-refractivity contribution in [2.24, 2.45) is 0 Å². The lowest BCUT2D eigenvalue weighted by molar-refractivity contribution is 0.586. The summed E-state index contributed by atoms with van der Waals surface area (Å²) in [4.78, 5) is 0. The van der Waals surface area contributed by atoms with Crippen LogP contribution in [0.15, 0.2) is 24.3 Å². The van der Waals surface area contributed by atoms with E-state index in [1.807, 2.05) is 6.66 Å². The highest BCUT2D eigenvalue weighted by Gasteiger charge is 2.30. The molecule has 1 aliphatic rings. The maximum Gasteiger partial charge on any atom is 0.113 e. The van der Waals surface area contributed by atoms with E-state index in [4.69, 9.17) is 0 Å². The van der Waals surface area contributed by atoms with Crippen LogP contribution in [0.5, 0.6) is 0 Å². The smallest absolute Gasteiger partial charge is 0.113 e. The molecule has 1 heterocycles. The van der Waals surface area contributed by atoms with Crippen molar-refractivity contribution in [2.75, 3.05) is 12.8 Å². The zero-order valence-electron chi connectivity index (χ0n) is 10.6. The summed E-state index contributed by atoms with van der Waals surface area (Å²) in [6.45, 7) is 6.20. The summed E-state index contributed by atoms with van der Waals surface area (Å²) in [6, 6.07) is 8.67. The summed E-state index contributed by atoms with van der Waals surface area (Å²) in [7, 11) is -2.13. The Morgan fingerprint density at radius 2 is 1.76 bits per heavy atom. The SMILES string of the molecule is Cc1ccc(C)c2c3c(ccc12)CCP3(C)=O. The monoisotopic (exact) mass is 244 g/mol. The molecule has 0 bridgehead atoms. The lowest BCUT2D eigenvalue weighted by Crippen LogP contribution is -2.07. The highest BCUT2D eigenvalue weighted by Crippen LogP contribution is 2.49. The maximum absolute atomic E-state index is 12.7. The van der Waals surface area contributed by atoms with Crippen LogP contribution in [-0.4, -0.2) is 12.8 Å². The molecule has 2 heteroatoms. The molecular weight excluding hydrogens is 227 g/mol. The van der Waals surface area contributed by atoms with Gasteiger partial charge in [0.05, 0.1) is 0 Å². The van der Waals surface area contributed by atoms with E-state index in [1.165, 1.54) is 27.5 Å². The van der Waals surface area contributed by atoms with Crippen molar-refractivity contribution in [1.29, 1.82) is 0 Å². The molecular formula is C15H17OP. The van der Waals surface area contributed by atoms with Crippen molar-refractivity contribution in [3.05, 3.63) is 41.0 Å². The number of hydrogen-bond donors (Lipinski definition) is 0. The number of rotatable bonds is 0. The molecule has 3 rings (SSSR count). The Hall–Kier alpha value is -1.07. The highest BCUT2D eigenvalue weighted by molar-refractivity contribution is 7.71. The molecule has 0 saturated carbocycles. The zero-order valence-corrected chi connectivity index (χ0v) is 11.5. The van der Waals surface area contributed by atoms with E-state index in [9.17, 15) is 4.57 Å². The van der Waals surface area contributed by atoms with Gasteiger partial charge in [-0.1, -0.05) is 24.3 Å². The van der Waals surface area contributed by atoms with E-state index in [1.54, 1.807) is 0 Å². The Morgan fingerprint density at radius 1 is 1.06 bits per heavy atom. The third-order valence-corrected chi connectivity index (χ3v) is 6.48. The molecule has 1 unspecified atom stereocenters. The fourth-order valence-electron chi connectivity index (χ4n) is 2.97. The second kappa shape index (κ2) is 3.46. The van der Waals surface area contributed by atoms with Crippen molar-refractivity contribution in [2.45, 2.75) is 20.3 Å². The quantitative estimate of drug-likeness (QED) is 0.647. The van der Waals surface area contributed by atoms with E-state index in [0.717, 1.165) is 17.9 Å². The van der Waals surface area contributed by atoms with Gasteiger partial charge in [0, 0.05) is 11.5 Å². The van der Waals surface area contributed by atoms with Gasteiger partial charge in [0.25, 0.3) is 0 Å². The second-order valence-corrected chi connectivity index (χ2v) is 8.37. The Kier molecular flexibility index (Phi) is 2.25. The first-order chi connectivity index (χ1) is 8.00. The highest BCUT2D eigenvalue weighted by atomic mass is 31.2. The summed E-state index contributed by atoms with van der Waals surface area (Å²) < 4.78 is 12.7. The number of hydrogen-bond acceptors (Lipinski definition) is 1. The fraction of sp³-hybridized carbons (Fsp3) is 0.333. The van der Waals surface area contributed by atoms with Crippen LogP contribution >= 0.6 is 7.14 Å². The van der Waals surface area contributed by atoms with Gasteiger partial charge in [-0.15, -0.1) is 0 Å². The third-order valence-electron chi connectivity index (χ3n) is 3.94. The van der Waals surface area contributed by atoms with Crippen molar-refractivity contribution < 1.29 is 4.57 Å². The fourth-order valence-corrected chi connectivity index (χ4v) is 5.43. The maximum atomic E-state index is 12.7. The van der Waals surface area contributed by atoms with Gasteiger partial charge in [0.2, 0.25) is 0 Å². The largest absolute Gasteiger partial charge is 0.319 e. The molecule has 1 nitrogen and oxygen atoms in total. The topological polar surface area (TPSA) is 17.1 Å². The van der Waals surface area contributed by atoms with E-state index in [0.29, 0.717) is 0 Å². The molecule has 0 saturated heterocycles. The molecule has 2 aromatic carbocycles. The van der Waals surface area contributed by atoms with Crippen molar-refractivity contribution in [3.63, 3.8) is 0 Å². The number of benzene rings is 2. The molecule has 0 N–H and O–H groups in total. The Morgan fingerprint density at radius 3 is 2.53 bits per heavy atom. The minimum Gasteiger partial charge on any atom is -0.319 e. The molecule has 1 atom stereocenters. The lowest BCUT2D eigenvalue weighted by atomic mass is 9.98. The van der Waals surface area contributed by atoms with Gasteiger partial charge in [0.15, 0.2) is 0 Å². The van der Waals surface area contributed by atoms with E-state index in [2.05, 4.69) is 38.1 Å². The van der Waals surface area contributed by atoms with Crippen LogP contribution in [0.25, 0.3) is 10.8 Å². The molecule has 0 amide bonds. The minimum atomic E-state index is -2.13. The number of fused-ring (bicyclic) bond motifs is 3. The first-order valence-corrected chi connectivity index (χ1v) is 8.43.